The number of hydrogen-bond acceptors (Lipinski definition) is 4. The third-order valence-corrected chi connectivity index (χ3v) is 4.36. The monoisotopic (exact) mass is 310 g/mol. The molecule has 0 aliphatic heterocycles. The Morgan fingerprint density at radius 1 is 1.45 bits per heavy atom. The number of furan rings is 1. The van der Waals surface area contributed by atoms with Gasteiger partial charge in [-0.2, -0.15) is 0 Å². The van der Waals surface area contributed by atoms with Crippen molar-refractivity contribution in [3.05, 3.63) is 47.4 Å². The van der Waals surface area contributed by atoms with Gasteiger partial charge in [-0.15, -0.1) is 11.8 Å². The largest absolute Gasteiger partial charge is 0.467 e. The zero-order valence-electron chi connectivity index (χ0n) is 10.9. The summed E-state index contributed by atoms with van der Waals surface area (Å²) in [5, 5.41) is 3.06. The van der Waals surface area contributed by atoms with E-state index in [1.54, 1.807) is 30.5 Å². The van der Waals surface area contributed by atoms with Crippen LogP contribution in [0.1, 0.15) is 12.7 Å². The first-order valence-electron chi connectivity index (χ1n) is 6.08. The van der Waals surface area contributed by atoms with Gasteiger partial charge in [0.25, 0.3) is 0 Å². The number of nitrogens with one attached hydrogen (secondary N) is 1. The molecule has 0 aliphatic rings. The lowest BCUT2D eigenvalue weighted by molar-refractivity contribution is -0.120. The predicted octanol–water partition coefficient (Wildman–Crippen LogP) is 3.31. The number of carbonyl (C=O) groups excluding carboxylic acids is 1. The van der Waals surface area contributed by atoms with Crippen molar-refractivity contribution in [2.75, 3.05) is 5.73 Å². The Kier molecular flexibility index (Phi) is 4.98. The standard InChI is InChI=1S/C14H15ClN2O2S/c1-9(14(18)17-8-10-4-3-7-19-10)20-13-11(15)5-2-6-12(13)16/h2-7,9H,8,16H2,1H3,(H,17,18). The zero-order valence-corrected chi connectivity index (χ0v) is 12.5. The number of nitrogens with two attached hydrogens (primary N) is 1. The number of hydrogen-bond donors (Lipinski definition) is 2. The predicted molar refractivity (Wildman–Crippen MR) is 81.7 cm³/mol. The van der Waals surface area contributed by atoms with Crippen LogP contribution < -0.4 is 11.1 Å². The fourth-order valence-corrected chi connectivity index (χ4v) is 2.86. The number of amides is 1. The Morgan fingerprint density at radius 3 is 2.90 bits per heavy atom. The molecule has 3 N–H and O–H groups in total. The van der Waals surface area contributed by atoms with Gasteiger partial charge in [-0.3, -0.25) is 4.79 Å². The van der Waals surface area contributed by atoms with Crippen LogP contribution in [0.25, 0.3) is 0 Å². The van der Waals surface area contributed by atoms with Gasteiger partial charge in [-0.1, -0.05) is 17.7 Å². The molecule has 1 unspecified atom stereocenters. The van der Waals surface area contributed by atoms with Gasteiger partial charge in [-0.25, -0.2) is 0 Å². The molecule has 0 saturated heterocycles. The molecule has 0 fully saturated rings. The second kappa shape index (κ2) is 6.72. The van der Waals surface area contributed by atoms with E-state index in [-0.39, 0.29) is 11.2 Å². The molecule has 1 heterocycles. The first-order valence-corrected chi connectivity index (χ1v) is 7.34. The number of carbonyl (C=O) groups is 1. The first kappa shape index (κ1) is 14.8. The lowest BCUT2D eigenvalue weighted by Gasteiger charge is -2.13. The summed E-state index contributed by atoms with van der Waals surface area (Å²) in [6, 6.07) is 8.90. The molecule has 0 aliphatic carbocycles. The minimum atomic E-state index is -0.299. The van der Waals surface area contributed by atoms with Crippen LogP contribution in [0.3, 0.4) is 0 Å². The highest BCUT2D eigenvalue weighted by Crippen LogP contribution is 2.35. The second-order valence-electron chi connectivity index (χ2n) is 4.22. The van der Waals surface area contributed by atoms with Gasteiger partial charge >= 0.3 is 0 Å². The van der Waals surface area contributed by atoms with Crippen molar-refractivity contribution in [1.29, 1.82) is 0 Å². The van der Waals surface area contributed by atoms with Crippen LogP contribution in [-0.2, 0) is 11.3 Å². The van der Waals surface area contributed by atoms with Gasteiger partial charge in [0.1, 0.15) is 5.76 Å². The molecule has 106 valence electrons. The van der Waals surface area contributed by atoms with Gasteiger partial charge in [0.2, 0.25) is 5.91 Å². The molecule has 0 radical (unpaired) electrons. The Hall–Kier alpha value is -1.59. The normalized spacial score (nSPS) is 12.1. The maximum atomic E-state index is 12.0. The number of rotatable bonds is 5. The molecule has 20 heavy (non-hydrogen) atoms. The molecule has 4 nitrogen and oxygen atoms in total. The van der Waals surface area contributed by atoms with Crippen LogP contribution >= 0.6 is 23.4 Å². The van der Waals surface area contributed by atoms with E-state index in [0.29, 0.717) is 23.0 Å². The van der Waals surface area contributed by atoms with E-state index >= 15 is 0 Å². The number of benzene rings is 1. The SMILES string of the molecule is CC(Sc1c(N)cccc1Cl)C(=O)NCc1ccco1. The van der Waals surface area contributed by atoms with Gasteiger partial charge in [0.05, 0.1) is 23.1 Å². The van der Waals surface area contributed by atoms with Crippen molar-refractivity contribution in [2.45, 2.75) is 23.6 Å². The van der Waals surface area contributed by atoms with Gasteiger partial charge < -0.3 is 15.5 Å². The average Bonchev–Trinajstić information content (AvgIpc) is 2.93. The van der Waals surface area contributed by atoms with Crippen molar-refractivity contribution in [3.8, 4) is 0 Å². The van der Waals surface area contributed by atoms with E-state index in [9.17, 15) is 4.79 Å². The summed E-state index contributed by atoms with van der Waals surface area (Å²) in [6.45, 7) is 2.18. The number of thioether (sulfide) groups is 1. The molecule has 1 amide bonds. The summed E-state index contributed by atoms with van der Waals surface area (Å²) in [5.74, 6) is 0.624. The van der Waals surface area contributed by atoms with E-state index in [4.69, 9.17) is 21.8 Å². The average molecular weight is 311 g/mol. The Balaban J connectivity index is 1.94. The molecule has 0 spiro atoms. The van der Waals surface area contributed by atoms with Crippen LogP contribution in [-0.4, -0.2) is 11.2 Å². The number of nitrogen functional groups attached to an aromatic ring is 1. The number of halogens is 1. The highest BCUT2D eigenvalue weighted by molar-refractivity contribution is 8.00. The maximum Gasteiger partial charge on any atom is 0.233 e. The first-order chi connectivity index (χ1) is 9.58. The molecule has 2 aromatic rings. The molecular formula is C14H15ClN2O2S. The van der Waals surface area contributed by atoms with E-state index < -0.39 is 0 Å². The van der Waals surface area contributed by atoms with Crippen LogP contribution in [0.4, 0.5) is 5.69 Å². The third kappa shape index (κ3) is 3.71. The van der Waals surface area contributed by atoms with Crippen LogP contribution in [0.15, 0.2) is 45.9 Å². The lowest BCUT2D eigenvalue weighted by atomic mass is 10.3. The molecule has 1 atom stereocenters. The van der Waals surface area contributed by atoms with Crippen LogP contribution in [0.5, 0.6) is 0 Å². The van der Waals surface area contributed by atoms with Crippen LogP contribution in [0, 0.1) is 0 Å². The highest BCUT2D eigenvalue weighted by Gasteiger charge is 2.17. The van der Waals surface area contributed by atoms with Crippen molar-refractivity contribution < 1.29 is 9.21 Å². The summed E-state index contributed by atoms with van der Waals surface area (Å²) < 4.78 is 5.16. The summed E-state index contributed by atoms with van der Waals surface area (Å²) >= 11 is 7.43. The van der Waals surface area contributed by atoms with E-state index in [2.05, 4.69) is 5.32 Å². The molecule has 6 heteroatoms. The second-order valence-corrected chi connectivity index (χ2v) is 5.97. The minimum Gasteiger partial charge on any atom is -0.467 e. The van der Waals surface area contributed by atoms with Crippen molar-refractivity contribution in [1.82, 2.24) is 5.32 Å². The number of anilines is 1. The summed E-state index contributed by atoms with van der Waals surface area (Å²) in [7, 11) is 0. The smallest absolute Gasteiger partial charge is 0.233 e. The van der Waals surface area contributed by atoms with Crippen molar-refractivity contribution >= 4 is 35.0 Å². The third-order valence-electron chi connectivity index (χ3n) is 2.68. The maximum absolute atomic E-state index is 12.0. The molecular weight excluding hydrogens is 296 g/mol. The summed E-state index contributed by atoms with van der Waals surface area (Å²) in [6.07, 6.45) is 1.57. The van der Waals surface area contributed by atoms with Crippen molar-refractivity contribution in [2.24, 2.45) is 0 Å². The van der Waals surface area contributed by atoms with Gasteiger partial charge in [0.15, 0.2) is 0 Å². The molecule has 0 saturated carbocycles. The fraction of sp³-hybridized carbons (Fsp3) is 0.214. The highest BCUT2D eigenvalue weighted by atomic mass is 35.5. The lowest BCUT2D eigenvalue weighted by Crippen LogP contribution is -2.30. The Bertz CT molecular complexity index is 567. The summed E-state index contributed by atoms with van der Waals surface area (Å²) in [4.78, 5) is 12.7. The molecule has 0 bridgehead atoms. The Labute approximate surface area is 126 Å². The van der Waals surface area contributed by atoms with E-state index in [0.717, 1.165) is 4.90 Å². The molecule has 1 aromatic carbocycles. The molecule has 1 aromatic heterocycles. The quantitative estimate of drug-likeness (QED) is 0.656. The molecule has 2 rings (SSSR count). The minimum absolute atomic E-state index is 0.0919. The topological polar surface area (TPSA) is 68.3 Å². The van der Waals surface area contributed by atoms with Crippen LogP contribution in [0.2, 0.25) is 5.02 Å². The fourth-order valence-electron chi connectivity index (χ4n) is 1.61. The van der Waals surface area contributed by atoms with Gasteiger partial charge in [-0.05, 0) is 31.2 Å². The summed E-state index contributed by atoms with van der Waals surface area (Å²) in [5.41, 5.74) is 6.45. The van der Waals surface area contributed by atoms with Crippen molar-refractivity contribution in [3.63, 3.8) is 0 Å². The van der Waals surface area contributed by atoms with E-state index in [1.165, 1.54) is 11.8 Å². The van der Waals surface area contributed by atoms with Gasteiger partial charge in [0, 0.05) is 10.6 Å². The van der Waals surface area contributed by atoms with E-state index in [1.807, 2.05) is 13.0 Å². The Morgan fingerprint density at radius 2 is 2.25 bits per heavy atom. The zero-order chi connectivity index (χ0) is 14.5.